The Morgan fingerprint density at radius 1 is 1.55 bits per heavy atom. The maximum absolute atomic E-state index is 11.0. The highest BCUT2D eigenvalue weighted by Crippen LogP contribution is 2.35. The van der Waals surface area contributed by atoms with Crippen LogP contribution in [0.2, 0.25) is 5.02 Å². The van der Waals surface area contributed by atoms with Crippen LogP contribution in [0.3, 0.4) is 0 Å². The molecule has 0 amide bonds. The Bertz CT molecular complexity index is 701. The van der Waals surface area contributed by atoms with Crippen molar-refractivity contribution in [1.29, 1.82) is 0 Å². The molecule has 0 aliphatic carbocycles. The number of carboxylic acid groups (broad SMARTS) is 1. The fourth-order valence-electron chi connectivity index (χ4n) is 1.49. The molecule has 7 nitrogen and oxygen atoms in total. The number of hydrogen-bond acceptors (Lipinski definition) is 5. The lowest BCUT2D eigenvalue weighted by Crippen LogP contribution is -1.98. The van der Waals surface area contributed by atoms with E-state index in [1.54, 1.807) is 13.1 Å². The van der Waals surface area contributed by atoms with Gasteiger partial charge < -0.3 is 19.8 Å². The van der Waals surface area contributed by atoms with Crippen LogP contribution < -0.4 is 0 Å². The van der Waals surface area contributed by atoms with Crippen LogP contribution >= 0.6 is 23.4 Å². The van der Waals surface area contributed by atoms with Crippen LogP contribution in [0.4, 0.5) is 5.82 Å². The highest BCUT2D eigenvalue weighted by Gasteiger charge is 2.21. The second-order valence-electron chi connectivity index (χ2n) is 3.79. The highest BCUT2D eigenvalue weighted by atomic mass is 35.5. The van der Waals surface area contributed by atoms with Crippen LogP contribution in [-0.4, -0.2) is 25.6 Å². The van der Waals surface area contributed by atoms with Crippen molar-refractivity contribution in [3.05, 3.63) is 45.2 Å². The van der Waals surface area contributed by atoms with Gasteiger partial charge in [0.15, 0.2) is 5.03 Å². The summed E-state index contributed by atoms with van der Waals surface area (Å²) in [6.07, 6.45) is 1.33. The quantitative estimate of drug-likeness (QED) is 0.688. The molecule has 2 aromatic rings. The van der Waals surface area contributed by atoms with Gasteiger partial charge in [0.05, 0.1) is 10.6 Å². The van der Waals surface area contributed by atoms with E-state index in [4.69, 9.17) is 16.7 Å². The number of carbonyl (C=O) groups is 1. The monoisotopic (exact) mass is 313 g/mol. The van der Waals surface area contributed by atoms with E-state index in [1.165, 1.54) is 23.0 Å². The van der Waals surface area contributed by atoms with E-state index in [0.29, 0.717) is 9.92 Å². The van der Waals surface area contributed by atoms with Crippen molar-refractivity contribution in [2.75, 3.05) is 0 Å². The van der Waals surface area contributed by atoms with E-state index >= 15 is 0 Å². The maximum Gasteiger partial charge on any atom is 0.396 e. The van der Waals surface area contributed by atoms with E-state index in [9.17, 15) is 14.9 Å². The lowest BCUT2D eigenvalue weighted by Gasteiger charge is -2.04. The third-order valence-corrected chi connectivity index (χ3v) is 3.90. The second kappa shape index (κ2) is 5.51. The largest absolute Gasteiger partial charge is 0.478 e. The van der Waals surface area contributed by atoms with Crippen molar-refractivity contribution >= 4 is 35.1 Å². The van der Waals surface area contributed by atoms with Gasteiger partial charge >= 0.3 is 11.8 Å². The third-order valence-electron chi connectivity index (χ3n) is 2.42. The molecule has 1 aromatic heterocycles. The van der Waals surface area contributed by atoms with Gasteiger partial charge in [-0.2, -0.15) is 0 Å². The molecule has 0 unspecified atom stereocenters. The number of aryl methyl sites for hydroxylation is 1. The Labute approximate surface area is 122 Å². The molecule has 0 bridgehead atoms. The molecule has 1 heterocycles. The van der Waals surface area contributed by atoms with Gasteiger partial charge in [0.25, 0.3) is 0 Å². The Kier molecular flexibility index (Phi) is 3.96. The molecule has 0 aliphatic heterocycles. The van der Waals surface area contributed by atoms with Crippen molar-refractivity contribution < 1.29 is 14.8 Å². The fraction of sp³-hybridized carbons (Fsp3) is 0.0909. The minimum atomic E-state index is -1.16. The predicted octanol–water partition coefficient (Wildman–Crippen LogP) is 2.83. The highest BCUT2D eigenvalue weighted by molar-refractivity contribution is 7.99. The molecule has 0 radical (unpaired) electrons. The topological polar surface area (TPSA) is 98.3 Å². The molecule has 0 aliphatic rings. The van der Waals surface area contributed by atoms with Crippen LogP contribution in [-0.2, 0) is 7.05 Å². The average Bonchev–Trinajstić information content (AvgIpc) is 2.73. The molecular weight excluding hydrogens is 306 g/mol. The molecule has 0 fully saturated rings. The number of imidazole rings is 1. The van der Waals surface area contributed by atoms with Gasteiger partial charge in [-0.25, -0.2) is 4.79 Å². The number of nitrogens with zero attached hydrogens (tertiary/aromatic N) is 3. The van der Waals surface area contributed by atoms with Gasteiger partial charge in [0, 0.05) is 11.9 Å². The summed E-state index contributed by atoms with van der Waals surface area (Å²) in [6.45, 7) is 0. The van der Waals surface area contributed by atoms with Crippen molar-refractivity contribution in [1.82, 2.24) is 9.55 Å². The first kappa shape index (κ1) is 14.4. The van der Waals surface area contributed by atoms with Gasteiger partial charge in [0.2, 0.25) is 6.33 Å². The van der Waals surface area contributed by atoms with Gasteiger partial charge in [-0.3, -0.25) is 0 Å². The molecule has 1 aromatic carbocycles. The lowest BCUT2D eigenvalue weighted by atomic mass is 10.2. The van der Waals surface area contributed by atoms with E-state index in [0.717, 1.165) is 11.8 Å². The number of nitro groups is 1. The molecule has 0 atom stereocenters. The molecule has 0 saturated carbocycles. The Balaban J connectivity index is 2.40. The van der Waals surface area contributed by atoms with Gasteiger partial charge in [-0.05, 0) is 28.1 Å². The normalized spacial score (nSPS) is 10.5. The van der Waals surface area contributed by atoms with Gasteiger partial charge in [0.1, 0.15) is 0 Å². The van der Waals surface area contributed by atoms with Crippen LogP contribution in [0, 0.1) is 10.1 Å². The summed E-state index contributed by atoms with van der Waals surface area (Å²) in [5.74, 6) is -1.43. The van der Waals surface area contributed by atoms with Crippen LogP contribution in [0.25, 0.3) is 0 Å². The van der Waals surface area contributed by atoms with Crippen molar-refractivity contribution in [2.45, 2.75) is 9.92 Å². The lowest BCUT2D eigenvalue weighted by molar-refractivity contribution is -0.392. The van der Waals surface area contributed by atoms with Crippen LogP contribution in [0.5, 0.6) is 0 Å². The predicted molar refractivity (Wildman–Crippen MR) is 72.4 cm³/mol. The summed E-state index contributed by atoms with van der Waals surface area (Å²) in [4.78, 5) is 25.5. The maximum atomic E-state index is 11.0. The Morgan fingerprint density at radius 2 is 2.25 bits per heavy atom. The minimum absolute atomic E-state index is 0.0542. The molecule has 2 rings (SSSR count). The molecule has 104 valence electrons. The zero-order valence-electron chi connectivity index (χ0n) is 10.1. The zero-order valence-corrected chi connectivity index (χ0v) is 11.7. The van der Waals surface area contributed by atoms with E-state index in [-0.39, 0.29) is 16.4 Å². The summed E-state index contributed by atoms with van der Waals surface area (Å²) >= 11 is 6.82. The minimum Gasteiger partial charge on any atom is -0.478 e. The number of carboxylic acids is 1. The molecule has 0 saturated heterocycles. The Morgan fingerprint density at radius 3 is 2.85 bits per heavy atom. The first-order valence-corrected chi connectivity index (χ1v) is 6.46. The molecule has 1 N–H and O–H groups in total. The summed E-state index contributed by atoms with van der Waals surface area (Å²) < 4.78 is 1.50. The summed E-state index contributed by atoms with van der Waals surface area (Å²) in [6, 6.07) is 4.40. The van der Waals surface area contributed by atoms with Crippen LogP contribution in [0.15, 0.2) is 34.4 Å². The summed E-state index contributed by atoms with van der Waals surface area (Å²) in [5, 5.41) is 20.3. The van der Waals surface area contributed by atoms with Gasteiger partial charge in [-0.15, -0.1) is 0 Å². The summed E-state index contributed by atoms with van der Waals surface area (Å²) in [5.41, 5.74) is -0.0542. The number of benzene rings is 1. The smallest absolute Gasteiger partial charge is 0.396 e. The molecule has 20 heavy (non-hydrogen) atoms. The molecular formula is C11H8ClN3O4S. The van der Waals surface area contributed by atoms with Crippen molar-refractivity contribution in [3.63, 3.8) is 0 Å². The van der Waals surface area contributed by atoms with E-state index < -0.39 is 10.9 Å². The number of hydrogen-bond donors (Lipinski definition) is 1. The van der Waals surface area contributed by atoms with Crippen molar-refractivity contribution in [2.24, 2.45) is 7.05 Å². The van der Waals surface area contributed by atoms with E-state index in [2.05, 4.69) is 4.98 Å². The number of aromatic carboxylic acids is 1. The SMILES string of the molecule is Cn1cnc([N+](=O)[O-])c1Sc1ccc(Cl)c(C(=O)O)c1. The fourth-order valence-corrected chi connectivity index (χ4v) is 2.64. The number of halogens is 1. The number of rotatable bonds is 4. The first-order chi connectivity index (χ1) is 9.40. The van der Waals surface area contributed by atoms with E-state index in [1.807, 2.05) is 0 Å². The zero-order chi connectivity index (χ0) is 14.9. The Hall–Kier alpha value is -2.06. The van der Waals surface area contributed by atoms with Crippen molar-refractivity contribution in [3.8, 4) is 0 Å². The summed E-state index contributed by atoms with van der Waals surface area (Å²) in [7, 11) is 1.62. The standard InChI is InChI=1S/C11H8ClN3O4S/c1-14-5-13-9(15(18)19)10(14)20-6-2-3-8(12)7(4-6)11(16)17/h2-5H,1H3,(H,16,17). The molecule has 0 spiro atoms. The number of aromatic nitrogens is 2. The first-order valence-electron chi connectivity index (χ1n) is 5.26. The van der Waals surface area contributed by atoms with Crippen LogP contribution in [0.1, 0.15) is 10.4 Å². The third kappa shape index (κ3) is 2.75. The molecule has 9 heteroatoms. The second-order valence-corrected chi connectivity index (χ2v) is 5.26. The average molecular weight is 314 g/mol. The van der Waals surface area contributed by atoms with Gasteiger partial charge in [-0.1, -0.05) is 23.4 Å².